The quantitative estimate of drug-likeness (QED) is 0.362. The van der Waals surface area contributed by atoms with E-state index < -0.39 is 0 Å². The van der Waals surface area contributed by atoms with E-state index in [2.05, 4.69) is 20.7 Å². The van der Waals surface area contributed by atoms with Crippen LogP contribution in [-0.4, -0.2) is 85.6 Å². The van der Waals surface area contributed by atoms with Gasteiger partial charge >= 0.3 is 0 Å². The number of nitrogens with one attached hydrogen (secondary N) is 2. The smallest absolute Gasteiger partial charge is 0.260 e. The lowest BCUT2D eigenvalue weighted by atomic mass is 10.1. The molecule has 2 aliphatic heterocycles. The Morgan fingerprint density at radius 2 is 1.87 bits per heavy atom. The molecule has 0 atom stereocenters. The summed E-state index contributed by atoms with van der Waals surface area (Å²) in [6.07, 6.45) is 2.17. The first-order valence-corrected chi connectivity index (χ1v) is 10.9. The number of morpholine rings is 1. The Morgan fingerprint density at radius 1 is 1.17 bits per heavy atom. The zero-order valence-corrected chi connectivity index (χ0v) is 18.4. The van der Waals surface area contributed by atoms with Crippen molar-refractivity contribution in [3.8, 4) is 5.75 Å². The lowest BCUT2D eigenvalue weighted by molar-refractivity contribution is -0.132. The zero-order chi connectivity index (χ0) is 21.2. The highest BCUT2D eigenvalue weighted by Gasteiger charge is 2.18. The fraction of sp³-hybridized carbons (Fsp3) is 0.571. The van der Waals surface area contributed by atoms with E-state index in [1.165, 1.54) is 0 Å². The molecule has 9 heteroatoms. The maximum atomic E-state index is 12.1. The summed E-state index contributed by atoms with van der Waals surface area (Å²) < 4.78 is 11.0. The van der Waals surface area contributed by atoms with E-state index in [9.17, 15) is 4.79 Å². The molecule has 0 aromatic heterocycles. The van der Waals surface area contributed by atoms with Crippen molar-refractivity contribution in [3.05, 3.63) is 29.8 Å². The molecule has 2 saturated heterocycles. The molecule has 164 valence electrons. The molecule has 0 radical (unpaired) electrons. The van der Waals surface area contributed by atoms with Crippen LogP contribution in [0, 0.1) is 0 Å². The molecule has 0 aliphatic carbocycles. The monoisotopic (exact) mass is 433 g/mol. The largest absolute Gasteiger partial charge is 0.484 e. The van der Waals surface area contributed by atoms with Crippen molar-refractivity contribution >= 4 is 28.9 Å². The molecule has 8 nitrogen and oxygen atoms in total. The third-order valence-electron chi connectivity index (χ3n) is 5.24. The average Bonchev–Trinajstić information content (AvgIpc) is 3.32. The minimum absolute atomic E-state index is 0.0492. The summed E-state index contributed by atoms with van der Waals surface area (Å²) >= 11 is 5.29. The summed E-state index contributed by atoms with van der Waals surface area (Å²) in [6.45, 7) is 8.89. The summed E-state index contributed by atoms with van der Waals surface area (Å²) in [4.78, 5) is 16.3. The van der Waals surface area contributed by atoms with E-state index >= 15 is 0 Å². The van der Waals surface area contributed by atoms with Crippen molar-refractivity contribution in [1.29, 1.82) is 0 Å². The summed E-state index contributed by atoms with van der Waals surface area (Å²) in [5, 5.41) is 8.02. The summed E-state index contributed by atoms with van der Waals surface area (Å²) in [6, 6.07) is 7.55. The molecule has 2 fully saturated rings. The summed E-state index contributed by atoms with van der Waals surface area (Å²) in [7, 11) is 0. The van der Waals surface area contributed by atoms with E-state index in [4.69, 9.17) is 21.7 Å². The van der Waals surface area contributed by atoms with Gasteiger partial charge in [0.05, 0.1) is 18.9 Å². The highest BCUT2D eigenvalue weighted by Crippen LogP contribution is 2.14. The fourth-order valence-corrected chi connectivity index (χ4v) is 3.53. The van der Waals surface area contributed by atoms with Crippen molar-refractivity contribution in [2.24, 2.45) is 5.10 Å². The lowest BCUT2D eigenvalue weighted by Gasteiger charge is -2.26. The maximum Gasteiger partial charge on any atom is 0.260 e. The van der Waals surface area contributed by atoms with Gasteiger partial charge in [0.1, 0.15) is 5.75 Å². The predicted molar refractivity (Wildman–Crippen MR) is 121 cm³/mol. The summed E-state index contributed by atoms with van der Waals surface area (Å²) in [5.74, 6) is 0.723. The number of likely N-dealkylation sites (tertiary alicyclic amines) is 1. The van der Waals surface area contributed by atoms with Gasteiger partial charge in [0.2, 0.25) is 0 Å². The van der Waals surface area contributed by atoms with Gasteiger partial charge in [-0.1, -0.05) is 0 Å². The number of hydrazone groups is 1. The van der Waals surface area contributed by atoms with Crippen molar-refractivity contribution < 1.29 is 14.3 Å². The predicted octanol–water partition coefficient (Wildman–Crippen LogP) is 1.21. The first kappa shape index (κ1) is 22.5. The van der Waals surface area contributed by atoms with E-state index in [0.29, 0.717) is 10.9 Å². The molecule has 0 unspecified atom stereocenters. The molecule has 2 aliphatic rings. The van der Waals surface area contributed by atoms with Crippen LogP contribution in [-0.2, 0) is 9.53 Å². The number of thiocarbonyl (C=S) groups is 1. The molecule has 1 amide bonds. The Labute approximate surface area is 183 Å². The second-order valence-electron chi connectivity index (χ2n) is 7.42. The lowest BCUT2D eigenvalue weighted by Crippen LogP contribution is -2.42. The van der Waals surface area contributed by atoms with E-state index in [-0.39, 0.29) is 12.5 Å². The Bertz CT molecular complexity index is 729. The van der Waals surface area contributed by atoms with Gasteiger partial charge in [0.25, 0.3) is 5.91 Å². The van der Waals surface area contributed by atoms with E-state index in [1.54, 1.807) is 0 Å². The van der Waals surface area contributed by atoms with Crippen molar-refractivity contribution in [2.75, 3.05) is 59.1 Å². The number of ether oxygens (including phenoxy) is 2. The van der Waals surface area contributed by atoms with Crippen LogP contribution in [0.3, 0.4) is 0 Å². The van der Waals surface area contributed by atoms with Gasteiger partial charge in [-0.3, -0.25) is 15.1 Å². The minimum Gasteiger partial charge on any atom is -0.484 e. The number of nitrogens with zero attached hydrogens (tertiary/aromatic N) is 3. The van der Waals surface area contributed by atoms with E-state index in [1.807, 2.05) is 36.1 Å². The zero-order valence-electron chi connectivity index (χ0n) is 17.6. The molecule has 1 aromatic rings. The van der Waals surface area contributed by atoms with Gasteiger partial charge < -0.3 is 19.7 Å². The molecule has 0 spiro atoms. The van der Waals surface area contributed by atoms with Gasteiger partial charge in [-0.25, -0.2) is 0 Å². The number of rotatable bonds is 8. The van der Waals surface area contributed by atoms with Gasteiger partial charge in [0, 0.05) is 39.3 Å². The van der Waals surface area contributed by atoms with Gasteiger partial charge in [0.15, 0.2) is 11.7 Å². The van der Waals surface area contributed by atoms with Gasteiger partial charge in [-0.2, -0.15) is 5.10 Å². The van der Waals surface area contributed by atoms with Crippen LogP contribution in [0.4, 0.5) is 0 Å². The average molecular weight is 434 g/mol. The summed E-state index contributed by atoms with van der Waals surface area (Å²) in [5.41, 5.74) is 4.66. The number of amides is 1. The Morgan fingerprint density at radius 3 is 2.57 bits per heavy atom. The molecular formula is C21H31N5O3S. The number of hydrogen-bond acceptors (Lipinski definition) is 6. The topological polar surface area (TPSA) is 78.4 Å². The normalized spacial score (nSPS) is 17.6. The number of benzene rings is 1. The number of carbonyl (C=O) groups is 1. The van der Waals surface area contributed by atoms with Crippen LogP contribution in [0.5, 0.6) is 5.75 Å². The minimum atomic E-state index is 0.0492. The standard InChI is InChI=1S/C21H31N5O3S/c1-17(23-24-21(30)22-8-11-25-12-14-28-15-13-25)18-4-6-19(7-5-18)29-16-20(27)26-9-2-3-10-26/h4-7H,2-3,8-16H2,1H3,(H2,22,24,30)/b23-17+. The van der Waals surface area contributed by atoms with Crippen molar-refractivity contribution in [1.82, 2.24) is 20.5 Å². The third kappa shape index (κ3) is 7.23. The van der Waals surface area contributed by atoms with Crippen molar-refractivity contribution in [3.63, 3.8) is 0 Å². The highest BCUT2D eigenvalue weighted by molar-refractivity contribution is 7.80. The third-order valence-corrected chi connectivity index (χ3v) is 5.47. The first-order valence-electron chi connectivity index (χ1n) is 10.5. The number of carbonyl (C=O) groups excluding carboxylic acids is 1. The molecule has 1 aromatic carbocycles. The van der Waals surface area contributed by atoms with Crippen LogP contribution < -0.4 is 15.5 Å². The fourth-order valence-electron chi connectivity index (χ4n) is 3.39. The highest BCUT2D eigenvalue weighted by atomic mass is 32.1. The van der Waals surface area contributed by atoms with Crippen LogP contribution in [0.15, 0.2) is 29.4 Å². The van der Waals surface area contributed by atoms with Gasteiger partial charge in [-0.15, -0.1) is 0 Å². The van der Waals surface area contributed by atoms with Crippen LogP contribution in [0.25, 0.3) is 0 Å². The number of hydrogen-bond donors (Lipinski definition) is 2. The van der Waals surface area contributed by atoms with Crippen LogP contribution in [0.2, 0.25) is 0 Å². The molecule has 2 heterocycles. The Hall–Kier alpha value is -2.23. The van der Waals surface area contributed by atoms with Crippen molar-refractivity contribution in [2.45, 2.75) is 19.8 Å². The Kier molecular flexibility index (Phi) is 8.85. The molecule has 0 saturated carbocycles. The van der Waals surface area contributed by atoms with Crippen LogP contribution in [0.1, 0.15) is 25.3 Å². The molecule has 30 heavy (non-hydrogen) atoms. The molecular weight excluding hydrogens is 402 g/mol. The Balaban J connectivity index is 1.37. The molecule has 3 rings (SSSR count). The van der Waals surface area contributed by atoms with E-state index in [0.717, 1.165) is 76.6 Å². The van der Waals surface area contributed by atoms with Crippen LogP contribution >= 0.6 is 12.2 Å². The first-order chi connectivity index (χ1) is 14.6. The molecule has 0 bridgehead atoms. The SMILES string of the molecule is C/C(=N\NC(=S)NCCN1CCOCC1)c1ccc(OCC(=O)N2CCCC2)cc1. The molecule has 2 N–H and O–H groups in total. The van der Waals surface area contributed by atoms with Gasteiger partial charge in [-0.05, 0) is 61.8 Å². The second-order valence-corrected chi connectivity index (χ2v) is 7.83. The second kappa shape index (κ2) is 11.8. The maximum absolute atomic E-state index is 12.1.